The molecular weight excluding hydrogens is 224 g/mol. The van der Waals surface area contributed by atoms with Crippen LogP contribution in [0, 0.1) is 11.8 Å². The molecule has 2 nitrogen and oxygen atoms in total. The number of hydrogen-bond donors (Lipinski definition) is 0. The first-order chi connectivity index (χ1) is 8.84. The Hall–Kier alpha value is -0.790. The maximum atomic E-state index is 11.4. The van der Waals surface area contributed by atoms with Crippen LogP contribution in [0.15, 0.2) is 12.2 Å². The van der Waals surface area contributed by atoms with Crippen molar-refractivity contribution in [2.24, 2.45) is 11.8 Å². The molecule has 102 valence electrons. The van der Waals surface area contributed by atoms with Gasteiger partial charge in [-0.1, -0.05) is 50.7 Å². The molecule has 2 rings (SSSR count). The summed E-state index contributed by atoms with van der Waals surface area (Å²) in [6, 6.07) is 0. The molecule has 0 bridgehead atoms. The van der Waals surface area contributed by atoms with Gasteiger partial charge in [-0.25, -0.2) is 0 Å². The van der Waals surface area contributed by atoms with E-state index in [0.717, 1.165) is 18.3 Å². The van der Waals surface area contributed by atoms with Crippen molar-refractivity contribution in [3.8, 4) is 0 Å². The molecule has 0 aromatic rings. The van der Waals surface area contributed by atoms with Gasteiger partial charge in [0.2, 0.25) is 0 Å². The summed E-state index contributed by atoms with van der Waals surface area (Å²) in [5, 5.41) is 0. The minimum absolute atomic E-state index is 0.0260. The molecule has 2 aliphatic carbocycles. The van der Waals surface area contributed by atoms with E-state index in [1.54, 1.807) is 0 Å². The van der Waals surface area contributed by atoms with Crippen LogP contribution in [0.1, 0.15) is 64.2 Å². The maximum absolute atomic E-state index is 11.4. The van der Waals surface area contributed by atoms with Crippen molar-refractivity contribution in [2.75, 3.05) is 6.61 Å². The van der Waals surface area contributed by atoms with Gasteiger partial charge in [0.25, 0.3) is 0 Å². The number of carbonyl (C=O) groups is 1. The van der Waals surface area contributed by atoms with Gasteiger partial charge in [0.1, 0.15) is 6.61 Å². The van der Waals surface area contributed by atoms with Gasteiger partial charge in [-0.2, -0.15) is 0 Å². The number of unbranched alkanes of at least 4 members (excludes halogenated alkanes) is 1. The molecule has 0 unspecified atom stereocenters. The second kappa shape index (κ2) is 7.60. The summed E-state index contributed by atoms with van der Waals surface area (Å²) >= 11 is 0. The topological polar surface area (TPSA) is 26.3 Å². The van der Waals surface area contributed by atoms with E-state index in [0.29, 0.717) is 13.0 Å². The van der Waals surface area contributed by atoms with Gasteiger partial charge in [-0.3, -0.25) is 4.79 Å². The van der Waals surface area contributed by atoms with E-state index in [1.165, 1.54) is 51.4 Å². The quantitative estimate of drug-likeness (QED) is 0.366. The maximum Gasteiger partial charge on any atom is 0.306 e. The van der Waals surface area contributed by atoms with Crippen LogP contribution < -0.4 is 0 Å². The van der Waals surface area contributed by atoms with E-state index >= 15 is 0 Å². The summed E-state index contributed by atoms with van der Waals surface area (Å²) in [5.41, 5.74) is 0. The zero-order valence-electron chi connectivity index (χ0n) is 11.4. The predicted octanol–water partition coefficient (Wildman–Crippen LogP) is 4.25. The molecule has 0 amide bonds. The predicted molar refractivity (Wildman–Crippen MR) is 73.2 cm³/mol. The lowest BCUT2D eigenvalue weighted by molar-refractivity contribution is -0.142. The fraction of sp³-hybridized carbons (Fsp3) is 0.812. The normalized spacial score (nSPS) is 20.7. The number of rotatable bonds is 8. The SMILES string of the molecule is O=C(CCCCC1CC1)OCC=CC1CCCC1. The summed E-state index contributed by atoms with van der Waals surface area (Å²) in [6.45, 7) is 0.470. The molecule has 0 radical (unpaired) electrons. The van der Waals surface area contributed by atoms with Crippen molar-refractivity contribution in [1.82, 2.24) is 0 Å². The van der Waals surface area contributed by atoms with Gasteiger partial charge in [-0.05, 0) is 31.1 Å². The van der Waals surface area contributed by atoms with Gasteiger partial charge < -0.3 is 4.74 Å². The van der Waals surface area contributed by atoms with Gasteiger partial charge in [0.05, 0.1) is 0 Å². The highest BCUT2D eigenvalue weighted by atomic mass is 16.5. The van der Waals surface area contributed by atoms with Gasteiger partial charge >= 0.3 is 5.97 Å². The van der Waals surface area contributed by atoms with E-state index in [-0.39, 0.29) is 5.97 Å². The summed E-state index contributed by atoms with van der Waals surface area (Å²) in [4.78, 5) is 11.4. The molecule has 0 spiro atoms. The minimum Gasteiger partial charge on any atom is -0.461 e. The van der Waals surface area contributed by atoms with Crippen molar-refractivity contribution < 1.29 is 9.53 Å². The molecule has 2 saturated carbocycles. The summed E-state index contributed by atoms with van der Waals surface area (Å²) in [6.07, 6.45) is 16.5. The first kappa shape index (κ1) is 13.6. The molecule has 0 atom stereocenters. The molecule has 0 saturated heterocycles. The lowest BCUT2D eigenvalue weighted by Gasteiger charge is -2.03. The summed E-state index contributed by atoms with van der Waals surface area (Å²) in [7, 11) is 0. The highest BCUT2D eigenvalue weighted by Gasteiger charge is 2.20. The minimum atomic E-state index is -0.0260. The lowest BCUT2D eigenvalue weighted by atomic mass is 10.1. The molecule has 18 heavy (non-hydrogen) atoms. The molecule has 0 heterocycles. The average molecular weight is 250 g/mol. The molecule has 0 aromatic carbocycles. The smallest absolute Gasteiger partial charge is 0.306 e. The van der Waals surface area contributed by atoms with E-state index in [1.807, 2.05) is 6.08 Å². The summed E-state index contributed by atoms with van der Waals surface area (Å²) in [5.74, 6) is 1.69. The van der Waals surface area contributed by atoms with E-state index in [4.69, 9.17) is 4.74 Å². The largest absolute Gasteiger partial charge is 0.461 e. The Morgan fingerprint density at radius 1 is 1.11 bits per heavy atom. The van der Waals surface area contributed by atoms with Crippen LogP contribution in [0.4, 0.5) is 0 Å². The monoisotopic (exact) mass is 250 g/mol. The Bertz CT molecular complexity index is 273. The molecule has 2 fully saturated rings. The zero-order chi connectivity index (χ0) is 12.6. The molecule has 2 heteroatoms. The molecule has 2 aliphatic rings. The van der Waals surface area contributed by atoms with E-state index in [9.17, 15) is 4.79 Å². The van der Waals surface area contributed by atoms with Crippen LogP contribution in [0.2, 0.25) is 0 Å². The molecular formula is C16H26O2. The third-order valence-corrected chi connectivity index (χ3v) is 4.09. The Morgan fingerprint density at radius 2 is 1.89 bits per heavy atom. The number of hydrogen-bond acceptors (Lipinski definition) is 2. The third kappa shape index (κ3) is 5.70. The number of ether oxygens (including phenoxy) is 1. The van der Waals surface area contributed by atoms with Crippen molar-refractivity contribution in [1.29, 1.82) is 0 Å². The number of carbonyl (C=O) groups excluding carboxylic acids is 1. The van der Waals surface area contributed by atoms with Crippen molar-refractivity contribution in [3.63, 3.8) is 0 Å². The second-order valence-electron chi connectivity index (χ2n) is 5.84. The van der Waals surface area contributed by atoms with E-state index < -0.39 is 0 Å². The van der Waals surface area contributed by atoms with Gasteiger partial charge in [0, 0.05) is 6.42 Å². The molecule has 0 N–H and O–H groups in total. The van der Waals surface area contributed by atoms with Crippen LogP contribution in [-0.2, 0) is 9.53 Å². The van der Waals surface area contributed by atoms with Crippen molar-refractivity contribution >= 4 is 5.97 Å². The average Bonchev–Trinajstić information content (AvgIpc) is 3.05. The van der Waals surface area contributed by atoms with Crippen LogP contribution in [0.5, 0.6) is 0 Å². The third-order valence-electron chi connectivity index (χ3n) is 4.09. The fourth-order valence-corrected chi connectivity index (χ4v) is 2.72. The second-order valence-corrected chi connectivity index (χ2v) is 5.84. The van der Waals surface area contributed by atoms with E-state index in [2.05, 4.69) is 6.08 Å². The molecule has 0 aromatic heterocycles. The molecule has 0 aliphatic heterocycles. The number of allylic oxidation sites excluding steroid dienone is 1. The van der Waals surface area contributed by atoms with Crippen LogP contribution >= 0.6 is 0 Å². The van der Waals surface area contributed by atoms with Crippen LogP contribution in [0.3, 0.4) is 0 Å². The Balaban J connectivity index is 1.43. The van der Waals surface area contributed by atoms with Crippen molar-refractivity contribution in [3.05, 3.63) is 12.2 Å². The standard InChI is InChI=1S/C16H26O2/c17-16(10-4-3-8-15-11-12-15)18-13-5-9-14-6-1-2-7-14/h5,9,14-15H,1-4,6-8,10-13H2. The Morgan fingerprint density at radius 3 is 2.61 bits per heavy atom. The lowest BCUT2D eigenvalue weighted by Crippen LogP contribution is -2.04. The first-order valence-electron chi connectivity index (χ1n) is 7.67. The van der Waals surface area contributed by atoms with Crippen LogP contribution in [-0.4, -0.2) is 12.6 Å². The zero-order valence-corrected chi connectivity index (χ0v) is 11.4. The van der Waals surface area contributed by atoms with Crippen molar-refractivity contribution in [2.45, 2.75) is 64.2 Å². The van der Waals surface area contributed by atoms with Gasteiger partial charge in [0.15, 0.2) is 0 Å². The fourth-order valence-electron chi connectivity index (χ4n) is 2.72. The summed E-state index contributed by atoms with van der Waals surface area (Å²) < 4.78 is 5.20. The Kier molecular flexibility index (Phi) is 5.76. The first-order valence-corrected chi connectivity index (χ1v) is 7.67. The highest BCUT2D eigenvalue weighted by molar-refractivity contribution is 5.69. The van der Waals surface area contributed by atoms with Gasteiger partial charge in [-0.15, -0.1) is 0 Å². The highest BCUT2D eigenvalue weighted by Crippen LogP contribution is 2.34. The number of esters is 1. The Labute approximate surface area is 111 Å². The van der Waals surface area contributed by atoms with Crippen LogP contribution in [0.25, 0.3) is 0 Å².